The van der Waals surface area contributed by atoms with Crippen LogP contribution in [0.25, 0.3) is 16.4 Å². The third-order valence-corrected chi connectivity index (χ3v) is 9.97. The topological polar surface area (TPSA) is 111 Å². The van der Waals surface area contributed by atoms with E-state index in [-0.39, 0.29) is 22.6 Å². The monoisotopic (exact) mass is 649 g/mol. The number of hydrogen-bond acceptors (Lipinski definition) is 6. The molecule has 0 radical (unpaired) electrons. The molecular weight excluding hydrogens is 623 g/mol. The van der Waals surface area contributed by atoms with Gasteiger partial charge in [-0.05, 0) is 73.7 Å². The number of carbonyl (C=O) groups is 1. The van der Waals surface area contributed by atoms with Gasteiger partial charge in [-0.1, -0.05) is 35.0 Å². The van der Waals surface area contributed by atoms with Crippen molar-refractivity contribution in [1.29, 1.82) is 0 Å². The highest BCUT2D eigenvalue weighted by atomic mass is 32.2. The van der Waals surface area contributed by atoms with Gasteiger partial charge in [-0.25, -0.2) is 23.2 Å². The molecule has 2 aromatic carbocycles. The Morgan fingerprint density at radius 1 is 1.14 bits per heavy atom. The number of benzene rings is 2. The van der Waals surface area contributed by atoms with Crippen molar-refractivity contribution >= 4 is 39.6 Å². The average Bonchev–Trinajstić information content (AvgIpc) is 3.34. The van der Waals surface area contributed by atoms with E-state index in [1.165, 1.54) is 34.9 Å². The Bertz CT molecular complexity index is 1980. The van der Waals surface area contributed by atoms with Crippen molar-refractivity contribution in [1.82, 2.24) is 14.8 Å². The van der Waals surface area contributed by atoms with Gasteiger partial charge in [0.15, 0.2) is 22.5 Å². The smallest absolute Gasteiger partial charge is 0.355 e. The number of aromatic nitrogens is 3. The fraction of sp³-hybridized carbons (Fsp3) is 0.219. The molecule has 3 aromatic heterocycles. The fourth-order valence-electron chi connectivity index (χ4n) is 4.97. The molecule has 1 aliphatic carbocycles. The lowest BCUT2D eigenvalue weighted by molar-refractivity contribution is 0.0691. The minimum atomic E-state index is -2.34. The quantitative estimate of drug-likeness (QED) is 0.106. The molecule has 3 heterocycles. The number of aromatic carboxylic acids is 1. The maximum atomic E-state index is 15.0. The van der Waals surface area contributed by atoms with Crippen LogP contribution < -0.4 is 5.14 Å². The zero-order valence-electron chi connectivity index (χ0n) is 23.5. The molecule has 44 heavy (non-hydrogen) atoms. The van der Waals surface area contributed by atoms with E-state index in [0.717, 1.165) is 51.6 Å². The number of aryl methyl sites for hydroxylation is 1. The highest BCUT2D eigenvalue weighted by molar-refractivity contribution is 7.82. The average molecular weight is 650 g/mol. The van der Waals surface area contributed by atoms with Crippen LogP contribution in [-0.2, 0) is 28.0 Å². The predicted molar refractivity (Wildman–Crippen MR) is 169 cm³/mol. The lowest BCUT2D eigenvalue weighted by atomic mass is 9.96. The zero-order valence-corrected chi connectivity index (χ0v) is 26.0. The van der Waals surface area contributed by atoms with Crippen LogP contribution >= 0.6 is 22.7 Å². The van der Waals surface area contributed by atoms with Crippen molar-refractivity contribution in [3.63, 3.8) is 0 Å². The molecule has 0 saturated heterocycles. The van der Waals surface area contributed by atoms with Crippen LogP contribution in [-0.4, -0.2) is 25.8 Å². The Morgan fingerprint density at radius 2 is 1.95 bits per heavy atom. The molecule has 0 amide bonds. The van der Waals surface area contributed by atoms with Gasteiger partial charge in [-0.2, -0.15) is 5.10 Å². The zero-order chi connectivity index (χ0) is 31.0. The summed E-state index contributed by atoms with van der Waals surface area (Å²) in [5, 5.41) is 21.7. The van der Waals surface area contributed by atoms with Gasteiger partial charge in [0.1, 0.15) is 5.82 Å². The van der Waals surface area contributed by atoms with Crippen LogP contribution in [0.15, 0.2) is 58.8 Å². The van der Waals surface area contributed by atoms with Crippen molar-refractivity contribution in [3.05, 3.63) is 103 Å². The molecule has 0 spiro atoms. The Balaban J connectivity index is 1.50. The summed E-state index contributed by atoms with van der Waals surface area (Å²) < 4.78 is 43.3. The maximum Gasteiger partial charge on any atom is 0.355 e. The summed E-state index contributed by atoms with van der Waals surface area (Å²) in [4.78, 5) is 17.8. The molecule has 1 aliphatic rings. The van der Waals surface area contributed by atoms with Gasteiger partial charge < -0.3 is 5.11 Å². The highest BCUT2D eigenvalue weighted by Crippen LogP contribution is 2.37. The largest absolute Gasteiger partial charge is 0.476 e. The number of carboxylic acids is 1. The summed E-state index contributed by atoms with van der Waals surface area (Å²) >= 11 is 2.68. The number of hydrogen-bond donors (Lipinski definition) is 2. The second kappa shape index (κ2) is 12.5. The summed E-state index contributed by atoms with van der Waals surface area (Å²) in [6.45, 7) is 1.98. The molecule has 1 saturated carbocycles. The van der Waals surface area contributed by atoms with Crippen molar-refractivity contribution in [2.75, 3.05) is 0 Å². The van der Waals surface area contributed by atoms with Crippen molar-refractivity contribution < 1.29 is 22.9 Å². The SMILES string of the molecule is Cc1ccc(C#Cc2cc(-c3nn(-c4nc(C(=O)O)cs4)c(CCC4CC4)c3Cc3ccc([SH+](N)=O)c(F)c3)ccc2F)s1. The molecule has 12 heteroatoms. The third kappa shape index (κ3) is 6.56. The van der Waals surface area contributed by atoms with Gasteiger partial charge in [0.05, 0.1) is 21.8 Å². The first-order chi connectivity index (χ1) is 21.2. The minimum absolute atomic E-state index is 0.0553. The van der Waals surface area contributed by atoms with E-state index in [4.69, 9.17) is 10.2 Å². The van der Waals surface area contributed by atoms with Crippen molar-refractivity contribution in [3.8, 4) is 28.2 Å². The molecule has 7 nitrogen and oxygen atoms in total. The first-order valence-corrected chi connectivity index (χ1v) is 16.9. The summed E-state index contributed by atoms with van der Waals surface area (Å²) in [5.74, 6) is 4.30. The standard InChI is InChI=1S/C32H26F2N4O3S3/c1-18-2-9-23(43-18)10-7-21-16-22(8-11-25(21)33)30-24(14-20-6-13-29(44(35)41)26(34)15-20)28(12-5-19-3-4-19)38(37-30)32-36-27(17-42-32)31(39)40/h2,6,8-9,11,13,15-17,19H,3-5,12,14H2,1H3,(H2,35,41)(H,39,40)/p+1. The lowest BCUT2D eigenvalue weighted by Gasteiger charge is -2.10. The van der Waals surface area contributed by atoms with Crippen molar-refractivity contribution in [2.24, 2.45) is 11.1 Å². The Morgan fingerprint density at radius 3 is 2.61 bits per heavy atom. The molecule has 6 rings (SSSR count). The first kappa shape index (κ1) is 30.0. The van der Waals surface area contributed by atoms with E-state index in [1.807, 2.05) is 19.1 Å². The van der Waals surface area contributed by atoms with E-state index >= 15 is 0 Å². The number of thiophene rings is 1. The molecule has 0 bridgehead atoms. The van der Waals surface area contributed by atoms with Gasteiger partial charge in [-0.15, -0.1) is 27.8 Å². The van der Waals surface area contributed by atoms with Gasteiger partial charge in [-0.3, -0.25) is 0 Å². The molecule has 0 aliphatic heterocycles. The van der Waals surface area contributed by atoms with Crippen molar-refractivity contribution in [2.45, 2.75) is 43.9 Å². The minimum Gasteiger partial charge on any atom is -0.476 e. The second-order valence-corrected chi connectivity index (χ2v) is 13.9. The summed E-state index contributed by atoms with van der Waals surface area (Å²) in [5.41, 5.74) is 3.47. The molecule has 1 unspecified atom stereocenters. The Kier molecular flexibility index (Phi) is 8.55. The number of thiol groups is 1. The van der Waals surface area contributed by atoms with E-state index in [0.29, 0.717) is 34.3 Å². The van der Waals surface area contributed by atoms with Crippen LogP contribution in [0.3, 0.4) is 0 Å². The molecular formula is C32H27F2N4O3S3+. The number of thiazole rings is 1. The van der Waals surface area contributed by atoms with E-state index in [1.54, 1.807) is 22.9 Å². The molecule has 3 N–H and O–H groups in total. The van der Waals surface area contributed by atoms with Gasteiger partial charge in [0.25, 0.3) is 0 Å². The Hall–Kier alpha value is -4.02. The van der Waals surface area contributed by atoms with Crippen LogP contribution in [0.4, 0.5) is 8.78 Å². The van der Waals surface area contributed by atoms with Crippen LogP contribution in [0.2, 0.25) is 0 Å². The summed E-state index contributed by atoms with van der Waals surface area (Å²) in [6.07, 6.45) is 4.08. The van der Waals surface area contributed by atoms with Crippen LogP contribution in [0.1, 0.15) is 61.9 Å². The highest BCUT2D eigenvalue weighted by Gasteiger charge is 2.27. The normalized spacial score (nSPS) is 13.5. The number of rotatable bonds is 9. The van der Waals surface area contributed by atoms with Crippen LogP contribution in [0, 0.1) is 36.3 Å². The molecule has 5 aromatic rings. The number of halogens is 2. The fourth-order valence-corrected chi connectivity index (χ4v) is 6.96. The van der Waals surface area contributed by atoms with E-state index in [2.05, 4.69) is 16.8 Å². The predicted octanol–water partition coefficient (Wildman–Crippen LogP) is 6.60. The van der Waals surface area contributed by atoms with Gasteiger partial charge >= 0.3 is 5.97 Å². The number of nitrogens with two attached hydrogens (primary N) is 1. The summed E-state index contributed by atoms with van der Waals surface area (Å²) in [6, 6.07) is 12.9. The molecule has 1 fully saturated rings. The van der Waals surface area contributed by atoms with Gasteiger partial charge in [0.2, 0.25) is 10.0 Å². The first-order valence-electron chi connectivity index (χ1n) is 13.8. The Labute approximate surface area is 263 Å². The third-order valence-electron chi connectivity index (χ3n) is 7.40. The molecule has 1 atom stereocenters. The van der Waals surface area contributed by atoms with E-state index in [9.17, 15) is 22.9 Å². The lowest BCUT2D eigenvalue weighted by Crippen LogP contribution is -2.07. The maximum absolute atomic E-state index is 15.0. The number of carboxylic acid groups (broad SMARTS) is 1. The van der Waals surface area contributed by atoms with E-state index < -0.39 is 28.6 Å². The molecule has 224 valence electrons. The van der Waals surface area contributed by atoms with Gasteiger partial charge in [0, 0.05) is 27.8 Å². The summed E-state index contributed by atoms with van der Waals surface area (Å²) in [7, 11) is -2.34. The second-order valence-electron chi connectivity index (χ2n) is 10.6. The number of nitrogens with zero attached hydrogens (tertiary/aromatic N) is 3. The van der Waals surface area contributed by atoms with Crippen LogP contribution in [0.5, 0.6) is 0 Å².